The third-order valence-electron chi connectivity index (χ3n) is 4.43. The van der Waals surface area contributed by atoms with E-state index >= 15 is 0 Å². The van der Waals surface area contributed by atoms with Crippen molar-refractivity contribution in [2.75, 3.05) is 26.7 Å². The number of nitrogens with zero attached hydrogens (tertiary/aromatic N) is 1. The second-order valence-electron chi connectivity index (χ2n) is 6.26. The number of amides is 1. The summed E-state index contributed by atoms with van der Waals surface area (Å²) in [5.74, 6) is 2.45. The van der Waals surface area contributed by atoms with Gasteiger partial charge in [0.15, 0.2) is 5.76 Å². The molecule has 0 saturated carbocycles. The summed E-state index contributed by atoms with van der Waals surface area (Å²) >= 11 is 0. The van der Waals surface area contributed by atoms with Crippen LogP contribution < -0.4 is 10.1 Å². The number of rotatable bonds is 6. The highest BCUT2D eigenvalue weighted by Gasteiger charge is 2.28. The highest BCUT2D eigenvalue weighted by molar-refractivity contribution is 5.92. The topological polar surface area (TPSA) is 54.7 Å². The summed E-state index contributed by atoms with van der Waals surface area (Å²) in [7, 11) is 1.94. The van der Waals surface area contributed by atoms with Gasteiger partial charge in [-0.1, -0.05) is 18.2 Å². The van der Waals surface area contributed by atoms with E-state index in [0.29, 0.717) is 18.3 Å². The Morgan fingerprint density at radius 3 is 2.92 bits per heavy atom. The Morgan fingerprint density at radius 1 is 1.38 bits per heavy atom. The molecule has 1 amide bonds. The number of likely N-dealkylation sites (tertiary alicyclic amines) is 1. The monoisotopic (exact) mass is 328 g/mol. The van der Waals surface area contributed by atoms with Gasteiger partial charge in [0.1, 0.15) is 18.1 Å². The molecule has 5 nitrogen and oxygen atoms in total. The SMILES string of the molecule is CNCC1CCN(C(=O)c2cc(COc3ccccc3)c(C)o2)C1. The molecule has 3 rings (SSSR count). The van der Waals surface area contributed by atoms with Crippen LogP contribution in [-0.2, 0) is 6.61 Å². The average molecular weight is 328 g/mol. The fourth-order valence-electron chi connectivity index (χ4n) is 3.07. The molecule has 2 heterocycles. The maximum absolute atomic E-state index is 12.6. The molecule has 0 aliphatic carbocycles. The summed E-state index contributed by atoms with van der Waals surface area (Å²) in [6.07, 6.45) is 1.04. The molecular formula is C19H24N2O3. The number of carbonyl (C=O) groups excluding carboxylic acids is 1. The molecule has 1 aromatic heterocycles. The van der Waals surface area contributed by atoms with E-state index in [-0.39, 0.29) is 5.91 Å². The van der Waals surface area contributed by atoms with Gasteiger partial charge in [-0.15, -0.1) is 0 Å². The van der Waals surface area contributed by atoms with Crippen molar-refractivity contribution in [3.8, 4) is 5.75 Å². The van der Waals surface area contributed by atoms with Crippen LogP contribution in [0.3, 0.4) is 0 Å². The van der Waals surface area contributed by atoms with Crippen LogP contribution >= 0.6 is 0 Å². The summed E-state index contributed by atoms with van der Waals surface area (Å²) in [5, 5.41) is 3.18. The predicted molar refractivity (Wildman–Crippen MR) is 92.2 cm³/mol. The Labute approximate surface area is 142 Å². The Hall–Kier alpha value is -2.27. The first kappa shape index (κ1) is 16.6. The molecule has 24 heavy (non-hydrogen) atoms. The van der Waals surface area contributed by atoms with Gasteiger partial charge in [-0.05, 0) is 51.1 Å². The normalized spacial score (nSPS) is 17.2. The predicted octanol–water partition coefficient (Wildman–Crippen LogP) is 2.85. The van der Waals surface area contributed by atoms with Crippen molar-refractivity contribution in [2.45, 2.75) is 20.0 Å². The smallest absolute Gasteiger partial charge is 0.289 e. The average Bonchev–Trinajstić information content (AvgIpc) is 3.21. The van der Waals surface area contributed by atoms with Gasteiger partial charge in [0, 0.05) is 18.7 Å². The minimum absolute atomic E-state index is 0.0253. The maximum atomic E-state index is 12.6. The van der Waals surface area contributed by atoms with Crippen LogP contribution in [0.1, 0.15) is 28.3 Å². The second kappa shape index (κ2) is 7.53. The number of carbonyl (C=O) groups is 1. The molecule has 1 aliphatic rings. The van der Waals surface area contributed by atoms with E-state index in [1.54, 1.807) is 0 Å². The van der Waals surface area contributed by atoms with E-state index in [9.17, 15) is 4.79 Å². The fraction of sp³-hybridized carbons (Fsp3) is 0.421. The number of benzene rings is 1. The van der Waals surface area contributed by atoms with E-state index in [0.717, 1.165) is 43.1 Å². The summed E-state index contributed by atoms with van der Waals surface area (Å²) in [6.45, 7) is 4.79. The molecule has 2 aromatic rings. The van der Waals surface area contributed by atoms with Crippen molar-refractivity contribution >= 4 is 5.91 Å². The van der Waals surface area contributed by atoms with Gasteiger partial charge in [0.2, 0.25) is 0 Å². The number of nitrogens with one attached hydrogen (secondary N) is 1. The van der Waals surface area contributed by atoms with Gasteiger partial charge in [-0.25, -0.2) is 0 Å². The van der Waals surface area contributed by atoms with Crippen LogP contribution in [0.15, 0.2) is 40.8 Å². The molecule has 5 heteroatoms. The van der Waals surface area contributed by atoms with Crippen LogP contribution in [-0.4, -0.2) is 37.5 Å². The highest BCUT2D eigenvalue weighted by Crippen LogP contribution is 2.22. The number of para-hydroxylation sites is 1. The first-order valence-corrected chi connectivity index (χ1v) is 8.38. The van der Waals surface area contributed by atoms with Gasteiger partial charge in [0.05, 0.1) is 0 Å². The molecule has 1 saturated heterocycles. The van der Waals surface area contributed by atoms with Crippen LogP contribution in [0.5, 0.6) is 5.75 Å². The van der Waals surface area contributed by atoms with Crippen molar-refractivity contribution in [1.82, 2.24) is 10.2 Å². The fourth-order valence-corrected chi connectivity index (χ4v) is 3.07. The number of ether oxygens (including phenoxy) is 1. The van der Waals surface area contributed by atoms with Crippen molar-refractivity contribution in [3.63, 3.8) is 0 Å². The Balaban J connectivity index is 1.62. The van der Waals surface area contributed by atoms with E-state index in [1.165, 1.54) is 0 Å². The number of hydrogen-bond donors (Lipinski definition) is 1. The minimum Gasteiger partial charge on any atom is -0.489 e. The Kier molecular flexibility index (Phi) is 5.20. The number of aryl methyl sites for hydroxylation is 1. The van der Waals surface area contributed by atoms with Gasteiger partial charge >= 0.3 is 0 Å². The molecule has 1 fully saturated rings. The third-order valence-corrected chi connectivity index (χ3v) is 4.43. The Morgan fingerprint density at radius 2 is 2.17 bits per heavy atom. The van der Waals surface area contributed by atoms with E-state index in [4.69, 9.17) is 9.15 Å². The van der Waals surface area contributed by atoms with Crippen LogP contribution in [0.4, 0.5) is 0 Å². The molecule has 1 unspecified atom stereocenters. The largest absolute Gasteiger partial charge is 0.489 e. The summed E-state index contributed by atoms with van der Waals surface area (Å²) in [6, 6.07) is 11.4. The minimum atomic E-state index is -0.0253. The van der Waals surface area contributed by atoms with Crippen molar-refractivity contribution in [1.29, 1.82) is 0 Å². The van der Waals surface area contributed by atoms with Gasteiger partial charge in [0.25, 0.3) is 5.91 Å². The lowest BCUT2D eigenvalue weighted by Crippen LogP contribution is -2.30. The lowest BCUT2D eigenvalue weighted by molar-refractivity contribution is 0.0754. The zero-order chi connectivity index (χ0) is 16.9. The quantitative estimate of drug-likeness (QED) is 0.886. The van der Waals surface area contributed by atoms with E-state index < -0.39 is 0 Å². The van der Waals surface area contributed by atoms with Crippen molar-refractivity contribution in [3.05, 3.63) is 53.5 Å². The molecule has 1 atom stereocenters. The standard InChI is InChI=1S/C19H24N2O3/c1-14-16(13-23-17-6-4-3-5-7-17)10-18(24-14)19(22)21-9-8-15(12-21)11-20-2/h3-7,10,15,20H,8-9,11-13H2,1-2H3. The summed E-state index contributed by atoms with van der Waals surface area (Å²) < 4.78 is 11.4. The van der Waals surface area contributed by atoms with Gasteiger partial charge in [-0.3, -0.25) is 4.79 Å². The van der Waals surface area contributed by atoms with E-state index in [1.807, 2.05) is 55.3 Å². The molecule has 128 valence electrons. The van der Waals surface area contributed by atoms with Crippen LogP contribution in [0.2, 0.25) is 0 Å². The second-order valence-corrected chi connectivity index (χ2v) is 6.26. The molecule has 1 aromatic carbocycles. The number of furan rings is 1. The zero-order valence-electron chi connectivity index (χ0n) is 14.2. The lowest BCUT2D eigenvalue weighted by Gasteiger charge is -2.14. The van der Waals surface area contributed by atoms with Gasteiger partial charge in [-0.2, -0.15) is 0 Å². The third kappa shape index (κ3) is 3.79. The first-order valence-electron chi connectivity index (χ1n) is 8.38. The Bertz CT molecular complexity index is 681. The maximum Gasteiger partial charge on any atom is 0.289 e. The molecule has 1 N–H and O–H groups in total. The highest BCUT2D eigenvalue weighted by atomic mass is 16.5. The van der Waals surface area contributed by atoms with Crippen LogP contribution in [0, 0.1) is 12.8 Å². The summed E-state index contributed by atoms with van der Waals surface area (Å²) in [4.78, 5) is 14.5. The van der Waals surface area contributed by atoms with E-state index in [2.05, 4.69) is 5.32 Å². The molecule has 0 bridgehead atoms. The molecular weight excluding hydrogens is 304 g/mol. The van der Waals surface area contributed by atoms with Crippen molar-refractivity contribution in [2.24, 2.45) is 5.92 Å². The number of hydrogen-bond acceptors (Lipinski definition) is 4. The van der Waals surface area contributed by atoms with Crippen molar-refractivity contribution < 1.29 is 13.9 Å². The molecule has 0 spiro atoms. The summed E-state index contributed by atoms with van der Waals surface area (Å²) in [5.41, 5.74) is 0.910. The first-order chi connectivity index (χ1) is 11.7. The van der Waals surface area contributed by atoms with Gasteiger partial charge < -0.3 is 19.4 Å². The van der Waals surface area contributed by atoms with Crippen LogP contribution in [0.25, 0.3) is 0 Å². The lowest BCUT2D eigenvalue weighted by atomic mass is 10.1. The zero-order valence-corrected chi connectivity index (χ0v) is 14.2. The molecule has 0 radical (unpaired) electrons. The molecule has 1 aliphatic heterocycles.